The van der Waals surface area contributed by atoms with E-state index in [0.717, 1.165) is 61.3 Å². The zero-order valence-corrected chi connectivity index (χ0v) is 29.7. The van der Waals surface area contributed by atoms with Crippen LogP contribution in [0.25, 0.3) is 0 Å². The predicted molar refractivity (Wildman–Crippen MR) is 198 cm³/mol. The fraction of sp³-hybridized carbons (Fsp3) is 0.235. The number of nitrogens with one attached hydrogen (secondary N) is 1. The molecule has 230 valence electrons. The van der Waals surface area contributed by atoms with E-state index in [4.69, 9.17) is 10.5 Å². The maximum Gasteiger partial charge on any atom is 0.123 e. The molecule has 2 fully saturated rings. The highest BCUT2D eigenvalue weighted by atomic mass is 127. The van der Waals surface area contributed by atoms with Crippen LogP contribution in [-0.2, 0) is 0 Å². The largest absolute Gasteiger partial charge is 0.369 e. The van der Waals surface area contributed by atoms with E-state index in [2.05, 4.69) is 106 Å². The summed E-state index contributed by atoms with van der Waals surface area (Å²) in [6, 6.07) is 34.3. The molecule has 4 aromatic rings. The fourth-order valence-electron chi connectivity index (χ4n) is 4.72. The van der Waals surface area contributed by atoms with Gasteiger partial charge in [0.05, 0.1) is 23.3 Å². The quantitative estimate of drug-likeness (QED) is 0.211. The van der Waals surface area contributed by atoms with Gasteiger partial charge >= 0.3 is 0 Å². The van der Waals surface area contributed by atoms with Crippen LogP contribution >= 0.6 is 55.8 Å². The van der Waals surface area contributed by atoms with E-state index in [0.29, 0.717) is 11.1 Å². The first-order valence-corrected chi connectivity index (χ1v) is 15.7. The van der Waals surface area contributed by atoms with Crippen molar-refractivity contribution in [3.8, 4) is 12.1 Å². The molecule has 44 heavy (non-hydrogen) atoms. The second-order valence-corrected chi connectivity index (χ2v) is 11.8. The summed E-state index contributed by atoms with van der Waals surface area (Å²) in [6.45, 7) is 8.45. The molecule has 6 rings (SSSR count). The van der Waals surface area contributed by atoms with Gasteiger partial charge in [-0.25, -0.2) is 4.39 Å². The molecule has 6 nitrogen and oxygen atoms in total. The molecule has 2 aliphatic rings. The molecule has 0 bridgehead atoms. The van der Waals surface area contributed by atoms with E-state index in [1.807, 2.05) is 30.3 Å². The minimum Gasteiger partial charge on any atom is -0.369 e. The molecule has 0 aromatic heterocycles. The zero-order chi connectivity index (χ0) is 30.4. The molecule has 0 amide bonds. The van der Waals surface area contributed by atoms with Gasteiger partial charge in [-0.2, -0.15) is 10.5 Å². The minimum atomic E-state index is -0.311. The Balaban J connectivity index is 0.000000252. The Hall–Kier alpha value is -3.16. The van der Waals surface area contributed by atoms with Gasteiger partial charge in [0.1, 0.15) is 5.82 Å². The van der Waals surface area contributed by atoms with Crippen molar-refractivity contribution in [1.82, 2.24) is 5.32 Å². The minimum absolute atomic E-state index is 0. The van der Waals surface area contributed by atoms with Crippen LogP contribution in [0.15, 0.2) is 106 Å². The summed E-state index contributed by atoms with van der Waals surface area (Å²) in [7, 11) is 0. The standard InChI is InChI=1S/C17H16BrN3.C10H13BrN2.C7H4FN.HI.H2/c18-15-3-7-17(8-4-15)21-11-9-20(10-12-21)16-5-1-14(13-19)2-6-16;11-9-1-3-10(4-2-9)13-7-5-12-6-8-13;8-7-3-1-6(5-9)2-4-7;;/h1-8H,9-12H2;1-4,12H,5-8H2;1-4H;2*1H. The number of nitrogens with zero attached hydrogens (tertiary/aromatic N) is 5. The Labute approximate surface area is 294 Å². The molecule has 0 saturated carbocycles. The highest BCUT2D eigenvalue weighted by Gasteiger charge is 2.17. The first-order chi connectivity index (χ1) is 20.9. The van der Waals surface area contributed by atoms with Crippen LogP contribution in [0, 0.1) is 28.5 Å². The maximum absolute atomic E-state index is 12.1. The molecule has 0 aliphatic carbocycles. The van der Waals surface area contributed by atoms with Crippen molar-refractivity contribution in [2.75, 3.05) is 67.1 Å². The molecular weight excluding hydrogens is 798 g/mol. The SMILES string of the molecule is Brc1ccc(N2CCNCC2)cc1.I.N#Cc1ccc(F)cc1.N#Cc1ccc(N2CCN(c3ccc(Br)cc3)CC2)cc1.[HH]. The lowest BCUT2D eigenvalue weighted by atomic mass is 10.2. The Morgan fingerprint density at radius 2 is 0.864 bits per heavy atom. The first kappa shape index (κ1) is 35.3. The Morgan fingerprint density at radius 3 is 1.23 bits per heavy atom. The van der Waals surface area contributed by atoms with Gasteiger partial charge in [0.2, 0.25) is 0 Å². The summed E-state index contributed by atoms with van der Waals surface area (Å²) in [6.07, 6.45) is 0. The molecule has 10 heteroatoms. The zero-order valence-electron chi connectivity index (χ0n) is 24.2. The van der Waals surface area contributed by atoms with Crippen molar-refractivity contribution in [3.05, 3.63) is 123 Å². The van der Waals surface area contributed by atoms with Gasteiger partial charge in [-0.05, 0) is 97.1 Å². The summed E-state index contributed by atoms with van der Waals surface area (Å²) in [5.74, 6) is -0.311. The third-order valence-corrected chi connectivity index (χ3v) is 8.17. The third kappa shape index (κ3) is 11.1. The molecule has 1 N–H and O–H groups in total. The molecule has 0 unspecified atom stereocenters. The van der Waals surface area contributed by atoms with Gasteiger partial charge in [-0.3, -0.25) is 0 Å². The normalized spacial score (nSPS) is 14.0. The van der Waals surface area contributed by atoms with Crippen molar-refractivity contribution in [2.45, 2.75) is 0 Å². The van der Waals surface area contributed by atoms with Crippen LogP contribution in [-0.4, -0.2) is 52.4 Å². The van der Waals surface area contributed by atoms with E-state index in [-0.39, 0.29) is 31.2 Å². The summed E-state index contributed by atoms with van der Waals surface area (Å²) in [4.78, 5) is 7.19. The second kappa shape index (κ2) is 18.6. The summed E-state index contributed by atoms with van der Waals surface area (Å²) < 4.78 is 14.4. The number of piperazine rings is 2. The monoisotopic (exact) mass is 832 g/mol. The van der Waals surface area contributed by atoms with Gasteiger partial charge in [-0.1, -0.05) is 31.9 Å². The van der Waals surface area contributed by atoms with Crippen LogP contribution in [0.1, 0.15) is 12.6 Å². The molecule has 0 spiro atoms. The molecule has 2 aliphatic heterocycles. The Bertz CT molecular complexity index is 1500. The van der Waals surface area contributed by atoms with Crippen molar-refractivity contribution >= 4 is 72.9 Å². The van der Waals surface area contributed by atoms with E-state index in [1.54, 1.807) is 0 Å². The van der Waals surface area contributed by atoms with Crippen LogP contribution in [0.2, 0.25) is 0 Å². The van der Waals surface area contributed by atoms with E-state index >= 15 is 0 Å². The number of nitriles is 2. The van der Waals surface area contributed by atoms with Gasteiger partial charge < -0.3 is 20.0 Å². The Kier molecular flexibility index (Phi) is 14.9. The van der Waals surface area contributed by atoms with Crippen LogP contribution in [0.5, 0.6) is 0 Å². The smallest absolute Gasteiger partial charge is 0.123 e. The third-order valence-electron chi connectivity index (χ3n) is 7.12. The molecule has 2 heterocycles. The number of rotatable bonds is 3. The number of hydrogen-bond acceptors (Lipinski definition) is 6. The van der Waals surface area contributed by atoms with Crippen LogP contribution in [0.4, 0.5) is 21.5 Å². The van der Waals surface area contributed by atoms with E-state index in [1.165, 1.54) is 41.3 Å². The van der Waals surface area contributed by atoms with Crippen molar-refractivity contribution in [1.29, 1.82) is 10.5 Å². The number of benzene rings is 4. The molecule has 2 saturated heterocycles. The summed E-state index contributed by atoms with van der Waals surface area (Å²) >= 11 is 6.91. The molecule has 0 radical (unpaired) electrons. The Morgan fingerprint density at radius 1 is 0.545 bits per heavy atom. The van der Waals surface area contributed by atoms with Crippen molar-refractivity contribution < 1.29 is 5.82 Å². The first-order valence-electron chi connectivity index (χ1n) is 14.1. The van der Waals surface area contributed by atoms with Crippen LogP contribution in [0.3, 0.4) is 0 Å². The van der Waals surface area contributed by atoms with Crippen molar-refractivity contribution in [2.24, 2.45) is 0 Å². The van der Waals surface area contributed by atoms with Crippen LogP contribution < -0.4 is 20.0 Å². The topological polar surface area (TPSA) is 69.3 Å². The van der Waals surface area contributed by atoms with Gasteiger partial charge in [0, 0.05) is 79.8 Å². The lowest BCUT2D eigenvalue weighted by Crippen LogP contribution is -2.46. The van der Waals surface area contributed by atoms with Gasteiger partial charge in [0.15, 0.2) is 0 Å². The van der Waals surface area contributed by atoms with Crippen molar-refractivity contribution in [3.63, 3.8) is 0 Å². The summed E-state index contributed by atoms with van der Waals surface area (Å²) in [5.41, 5.74) is 5.00. The number of anilines is 3. The average molecular weight is 834 g/mol. The van der Waals surface area contributed by atoms with Gasteiger partial charge in [0.25, 0.3) is 0 Å². The predicted octanol–water partition coefficient (Wildman–Crippen LogP) is 8.07. The average Bonchev–Trinajstić information content (AvgIpc) is 3.07. The lowest BCUT2D eigenvalue weighted by molar-refractivity contribution is 0.589. The molecule has 0 atom stereocenters. The van der Waals surface area contributed by atoms with E-state index in [9.17, 15) is 4.39 Å². The van der Waals surface area contributed by atoms with E-state index < -0.39 is 0 Å². The number of hydrogen-bond donors (Lipinski definition) is 1. The highest BCUT2D eigenvalue weighted by molar-refractivity contribution is 14.0. The fourth-order valence-corrected chi connectivity index (χ4v) is 5.25. The van der Waals surface area contributed by atoms with Gasteiger partial charge in [-0.15, -0.1) is 24.0 Å². The summed E-state index contributed by atoms with van der Waals surface area (Å²) in [5, 5.41) is 20.4. The maximum atomic E-state index is 12.1. The highest BCUT2D eigenvalue weighted by Crippen LogP contribution is 2.23. The molecule has 4 aromatic carbocycles. The molecular formula is C34H36Br2FIN6. The lowest BCUT2D eigenvalue weighted by Gasteiger charge is -2.37. The number of halogens is 4. The second-order valence-electron chi connectivity index (χ2n) is 9.94.